The number of hydrogen-bond acceptors (Lipinski definition) is 5. The molecule has 0 bridgehead atoms. The zero-order valence-corrected chi connectivity index (χ0v) is 13.3. The van der Waals surface area contributed by atoms with Crippen molar-refractivity contribution >= 4 is 10.0 Å². The summed E-state index contributed by atoms with van der Waals surface area (Å²) in [5.41, 5.74) is 0.0261. The SMILES string of the molecule is Cc1nc(C2(NS(=O)(=O)Cc3ccccc3)CCCC2)no1. The third kappa shape index (κ3) is 3.20. The number of rotatable bonds is 5. The van der Waals surface area contributed by atoms with Gasteiger partial charge in [0.1, 0.15) is 0 Å². The number of nitrogens with zero attached hydrogens (tertiary/aromatic N) is 2. The molecule has 22 heavy (non-hydrogen) atoms. The number of hydrogen-bond donors (Lipinski definition) is 1. The van der Waals surface area contributed by atoms with Crippen LogP contribution in [0, 0.1) is 6.92 Å². The lowest BCUT2D eigenvalue weighted by atomic mass is 9.99. The molecule has 0 aliphatic heterocycles. The Morgan fingerprint density at radius 1 is 1.23 bits per heavy atom. The fraction of sp³-hybridized carbons (Fsp3) is 0.467. The lowest BCUT2D eigenvalue weighted by Gasteiger charge is -2.26. The van der Waals surface area contributed by atoms with Gasteiger partial charge in [-0.2, -0.15) is 4.98 Å². The van der Waals surface area contributed by atoms with E-state index < -0.39 is 15.6 Å². The minimum atomic E-state index is -3.49. The fourth-order valence-corrected chi connectivity index (χ4v) is 4.57. The molecule has 1 heterocycles. The summed E-state index contributed by atoms with van der Waals surface area (Å²) in [4.78, 5) is 4.25. The van der Waals surface area contributed by atoms with Gasteiger partial charge in [-0.3, -0.25) is 0 Å². The van der Waals surface area contributed by atoms with Gasteiger partial charge in [-0.1, -0.05) is 48.3 Å². The van der Waals surface area contributed by atoms with E-state index in [0.29, 0.717) is 24.6 Å². The standard InChI is InChI=1S/C15H19N3O3S/c1-12-16-14(17-21-12)15(9-5-6-10-15)18-22(19,20)11-13-7-3-2-4-8-13/h2-4,7-8,18H,5-6,9-11H2,1H3. The maximum absolute atomic E-state index is 12.5. The zero-order valence-electron chi connectivity index (χ0n) is 12.4. The Labute approximate surface area is 130 Å². The number of sulfonamides is 1. The second-order valence-corrected chi connectivity index (χ2v) is 7.50. The Bertz CT molecular complexity index is 734. The van der Waals surface area contributed by atoms with Gasteiger partial charge in [0.15, 0.2) is 5.82 Å². The third-order valence-corrected chi connectivity index (χ3v) is 5.38. The molecule has 1 fully saturated rings. The molecule has 3 rings (SSSR count). The van der Waals surface area contributed by atoms with E-state index in [1.165, 1.54) is 0 Å². The predicted octanol–water partition coefficient (Wildman–Crippen LogP) is 2.27. The highest BCUT2D eigenvalue weighted by molar-refractivity contribution is 7.88. The molecule has 0 saturated heterocycles. The summed E-state index contributed by atoms with van der Waals surface area (Å²) in [7, 11) is -3.49. The van der Waals surface area contributed by atoms with Crippen LogP contribution in [0.1, 0.15) is 43.0 Å². The topological polar surface area (TPSA) is 85.1 Å². The monoisotopic (exact) mass is 321 g/mol. The van der Waals surface area contributed by atoms with Crippen molar-refractivity contribution in [3.05, 3.63) is 47.6 Å². The summed E-state index contributed by atoms with van der Waals surface area (Å²) in [6, 6.07) is 9.14. The summed E-state index contributed by atoms with van der Waals surface area (Å²) in [6.45, 7) is 1.71. The van der Waals surface area contributed by atoms with Gasteiger partial charge in [0, 0.05) is 6.92 Å². The first-order valence-corrected chi connectivity index (χ1v) is 9.01. The largest absolute Gasteiger partial charge is 0.340 e. The molecule has 1 N–H and O–H groups in total. The van der Waals surface area contributed by atoms with E-state index in [2.05, 4.69) is 14.9 Å². The van der Waals surface area contributed by atoms with Crippen LogP contribution in [0.3, 0.4) is 0 Å². The third-order valence-electron chi connectivity index (χ3n) is 3.96. The maximum Gasteiger partial charge on any atom is 0.223 e. The smallest absolute Gasteiger partial charge is 0.223 e. The van der Waals surface area contributed by atoms with Gasteiger partial charge in [-0.05, 0) is 18.4 Å². The fourth-order valence-electron chi connectivity index (χ4n) is 2.97. The van der Waals surface area contributed by atoms with Crippen LogP contribution in [0.4, 0.5) is 0 Å². The summed E-state index contributed by atoms with van der Waals surface area (Å²) in [6.07, 6.45) is 3.28. The van der Waals surface area contributed by atoms with E-state index >= 15 is 0 Å². The van der Waals surface area contributed by atoms with Gasteiger partial charge in [0.05, 0.1) is 11.3 Å². The quantitative estimate of drug-likeness (QED) is 0.913. The van der Waals surface area contributed by atoms with Gasteiger partial charge < -0.3 is 4.52 Å². The highest BCUT2D eigenvalue weighted by atomic mass is 32.2. The lowest BCUT2D eigenvalue weighted by molar-refractivity contribution is 0.338. The summed E-state index contributed by atoms with van der Waals surface area (Å²) < 4.78 is 33.0. The van der Waals surface area contributed by atoms with Crippen LogP contribution in [0.25, 0.3) is 0 Å². The highest BCUT2D eigenvalue weighted by Gasteiger charge is 2.42. The molecule has 118 valence electrons. The highest BCUT2D eigenvalue weighted by Crippen LogP contribution is 2.38. The minimum absolute atomic E-state index is 0.0492. The molecule has 1 aliphatic carbocycles. The normalized spacial score (nSPS) is 17.7. The van der Waals surface area contributed by atoms with Crippen molar-refractivity contribution in [2.24, 2.45) is 0 Å². The van der Waals surface area contributed by atoms with Gasteiger partial charge in [0.25, 0.3) is 0 Å². The molecule has 1 aliphatic rings. The lowest BCUT2D eigenvalue weighted by Crippen LogP contribution is -2.45. The van der Waals surface area contributed by atoms with E-state index in [1.807, 2.05) is 18.2 Å². The Morgan fingerprint density at radius 2 is 1.91 bits per heavy atom. The molecular weight excluding hydrogens is 302 g/mol. The van der Waals surface area contributed by atoms with Crippen LogP contribution in [0.15, 0.2) is 34.9 Å². The molecular formula is C15H19N3O3S. The first kappa shape index (κ1) is 15.2. The second-order valence-electron chi connectivity index (χ2n) is 5.77. The van der Waals surface area contributed by atoms with E-state index in [1.54, 1.807) is 19.1 Å². The van der Waals surface area contributed by atoms with Gasteiger partial charge >= 0.3 is 0 Å². The Kier molecular flexibility index (Phi) is 4.01. The molecule has 0 radical (unpaired) electrons. The molecule has 6 nitrogen and oxygen atoms in total. The first-order chi connectivity index (χ1) is 10.5. The second kappa shape index (κ2) is 5.81. The van der Waals surface area contributed by atoms with Crippen LogP contribution in [-0.2, 0) is 21.3 Å². The van der Waals surface area contributed by atoms with Crippen molar-refractivity contribution in [1.82, 2.24) is 14.9 Å². The average molecular weight is 321 g/mol. The van der Waals surface area contributed by atoms with Crippen LogP contribution in [0.2, 0.25) is 0 Å². The average Bonchev–Trinajstić information content (AvgIpc) is 3.09. The van der Waals surface area contributed by atoms with E-state index in [0.717, 1.165) is 18.4 Å². The Balaban J connectivity index is 1.85. The molecule has 1 saturated carbocycles. The van der Waals surface area contributed by atoms with Gasteiger partial charge in [-0.15, -0.1) is 0 Å². The molecule has 0 unspecified atom stereocenters. The first-order valence-electron chi connectivity index (χ1n) is 7.35. The molecule has 1 aromatic heterocycles. The van der Waals surface area contributed by atoms with Gasteiger partial charge in [-0.25, -0.2) is 13.1 Å². The maximum atomic E-state index is 12.5. The van der Waals surface area contributed by atoms with Crippen molar-refractivity contribution in [3.63, 3.8) is 0 Å². The molecule has 1 aromatic carbocycles. The van der Waals surface area contributed by atoms with Crippen LogP contribution in [0.5, 0.6) is 0 Å². The molecule has 2 aromatic rings. The van der Waals surface area contributed by atoms with Gasteiger partial charge in [0.2, 0.25) is 15.9 Å². The number of benzene rings is 1. The van der Waals surface area contributed by atoms with Crippen molar-refractivity contribution < 1.29 is 12.9 Å². The summed E-state index contributed by atoms with van der Waals surface area (Å²) >= 11 is 0. The van der Waals surface area contributed by atoms with E-state index in [-0.39, 0.29) is 5.75 Å². The molecule has 0 amide bonds. The van der Waals surface area contributed by atoms with Crippen molar-refractivity contribution in [2.75, 3.05) is 0 Å². The number of aryl methyl sites for hydroxylation is 1. The molecule has 0 spiro atoms. The Morgan fingerprint density at radius 3 is 2.50 bits per heavy atom. The van der Waals surface area contributed by atoms with Crippen LogP contribution < -0.4 is 4.72 Å². The van der Waals surface area contributed by atoms with Crippen molar-refractivity contribution in [2.45, 2.75) is 43.9 Å². The van der Waals surface area contributed by atoms with Crippen LogP contribution >= 0.6 is 0 Å². The number of aromatic nitrogens is 2. The predicted molar refractivity (Wildman–Crippen MR) is 81.4 cm³/mol. The zero-order chi connectivity index (χ0) is 15.6. The minimum Gasteiger partial charge on any atom is -0.340 e. The molecule has 0 atom stereocenters. The Hall–Kier alpha value is -1.73. The van der Waals surface area contributed by atoms with Crippen molar-refractivity contribution in [3.8, 4) is 0 Å². The number of nitrogens with one attached hydrogen (secondary N) is 1. The van der Waals surface area contributed by atoms with E-state index in [4.69, 9.17) is 4.52 Å². The van der Waals surface area contributed by atoms with Crippen molar-refractivity contribution in [1.29, 1.82) is 0 Å². The molecule has 7 heteroatoms. The van der Waals surface area contributed by atoms with Crippen LogP contribution in [-0.4, -0.2) is 18.6 Å². The summed E-state index contributed by atoms with van der Waals surface area (Å²) in [5, 5.41) is 3.95. The van der Waals surface area contributed by atoms with E-state index in [9.17, 15) is 8.42 Å². The summed E-state index contributed by atoms with van der Waals surface area (Å²) in [5.74, 6) is 0.842.